The summed E-state index contributed by atoms with van der Waals surface area (Å²) in [6.07, 6.45) is 3.51. The van der Waals surface area contributed by atoms with E-state index in [1.54, 1.807) is 12.1 Å². The molecule has 156 valence electrons. The van der Waals surface area contributed by atoms with Crippen LogP contribution in [0.3, 0.4) is 0 Å². The number of hydrogen-bond acceptors (Lipinski definition) is 4. The molecule has 1 aromatic heterocycles. The minimum atomic E-state index is -0.249. The number of piperidine rings is 1. The normalized spacial score (nSPS) is 20.4. The predicted octanol–water partition coefficient (Wildman–Crippen LogP) is 2.89. The van der Waals surface area contributed by atoms with Crippen LogP contribution in [0.25, 0.3) is 5.69 Å². The van der Waals surface area contributed by atoms with Gasteiger partial charge >= 0.3 is 0 Å². The third kappa shape index (κ3) is 4.36. The maximum Gasteiger partial charge on any atom is 0.251 e. The first-order valence-electron chi connectivity index (χ1n) is 10.5. The summed E-state index contributed by atoms with van der Waals surface area (Å²) in [5.41, 5.74) is 4.07. The Balaban J connectivity index is 1.33. The van der Waals surface area contributed by atoms with Crippen LogP contribution in [0.4, 0.5) is 4.39 Å². The molecule has 3 heterocycles. The second-order valence-electron chi connectivity index (χ2n) is 8.02. The standard InChI is InChI=1S/C22H29FN4O2/c1-15-20(16(2)27(25-15)19-7-5-17(23)6-8-19)14-24-18-9-11-26(12-10-18)22(28)21-4-3-13-29-21/h5-8,18,21,24H,3-4,9-14H2,1-2H3. The van der Waals surface area contributed by atoms with Gasteiger partial charge in [0.15, 0.2) is 0 Å². The van der Waals surface area contributed by atoms with Crippen molar-refractivity contribution in [3.8, 4) is 5.69 Å². The van der Waals surface area contributed by atoms with E-state index in [9.17, 15) is 9.18 Å². The lowest BCUT2D eigenvalue weighted by Gasteiger charge is -2.33. The first-order valence-corrected chi connectivity index (χ1v) is 10.5. The van der Waals surface area contributed by atoms with E-state index in [0.717, 1.165) is 62.4 Å². The molecule has 7 heteroatoms. The topological polar surface area (TPSA) is 59.4 Å². The zero-order valence-corrected chi connectivity index (χ0v) is 17.2. The molecule has 2 aliphatic heterocycles. The molecule has 1 amide bonds. The van der Waals surface area contributed by atoms with Gasteiger partial charge in [-0.15, -0.1) is 0 Å². The highest BCUT2D eigenvalue weighted by atomic mass is 19.1. The van der Waals surface area contributed by atoms with Gasteiger partial charge in [0.05, 0.1) is 11.4 Å². The van der Waals surface area contributed by atoms with Crippen molar-refractivity contribution in [2.75, 3.05) is 19.7 Å². The summed E-state index contributed by atoms with van der Waals surface area (Å²) >= 11 is 0. The smallest absolute Gasteiger partial charge is 0.251 e. The first kappa shape index (κ1) is 20.0. The van der Waals surface area contributed by atoms with Crippen LogP contribution in [-0.2, 0) is 16.1 Å². The number of hydrogen-bond donors (Lipinski definition) is 1. The molecular weight excluding hydrogens is 371 g/mol. The fourth-order valence-electron chi connectivity index (χ4n) is 4.29. The van der Waals surface area contributed by atoms with Crippen LogP contribution in [0.1, 0.15) is 42.6 Å². The highest BCUT2D eigenvalue weighted by molar-refractivity contribution is 5.81. The number of aromatic nitrogens is 2. The van der Waals surface area contributed by atoms with E-state index in [4.69, 9.17) is 4.74 Å². The molecule has 1 atom stereocenters. The summed E-state index contributed by atoms with van der Waals surface area (Å²) in [5, 5.41) is 8.28. The average Bonchev–Trinajstić information content (AvgIpc) is 3.36. The maximum absolute atomic E-state index is 13.2. The number of halogens is 1. The summed E-state index contributed by atoms with van der Waals surface area (Å²) in [4.78, 5) is 14.4. The molecule has 1 N–H and O–H groups in total. The number of carbonyl (C=O) groups excluding carboxylic acids is 1. The Morgan fingerprint density at radius 3 is 2.59 bits per heavy atom. The van der Waals surface area contributed by atoms with Crippen molar-refractivity contribution in [2.45, 2.75) is 58.2 Å². The highest BCUT2D eigenvalue weighted by Crippen LogP contribution is 2.21. The van der Waals surface area contributed by atoms with Gasteiger partial charge in [-0.3, -0.25) is 4.79 Å². The lowest BCUT2D eigenvalue weighted by atomic mass is 10.0. The van der Waals surface area contributed by atoms with Gasteiger partial charge in [-0.1, -0.05) is 0 Å². The fourth-order valence-corrected chi connectivity index (χ4v) is 4.29. The van der Waals surface area contributed by atoms with Gasteiger partial charge in [-0.25, -0.2) is 9.07 Å². The number of benzene rings is 1. The summed E-state index contributed by atoms with van der Waals surface area (Å²) in [5.74, 6) is -0.0882. The Labute approximate surface area is 171 Å². The summed E-state index contributed by atoms with van der Waals surface area (Å²) < 4.78 is 20.6. The van der Waals surface area contributed by atoms with Crippen LogP contribution < -0.4 is 5.32 Å². The average molecular weight is 400 g/mol. The molecule has 2 aliphatic rings. The zero-order chi connectivity index (χ0) is 20.4. The molecule has 1 aromatic carbocycles. The molecule has 4 rings (SSSR count). The van der Waals surface area contributed by atoms with Crippen molar-refractivity contribution in [3.05, 3.63) is 47.0 Å². The fraction of sp³-hybridized carbons (Fsp3) is 0.545. The second-order valence-corrected chi connectivity index (χ2v) is 8.02. The van der Waals surface area contributed by atoms with Crippen molar-refractivity contribution >= 4 is 5.91 Å². The molecule has 0 spiro atoms. The summed E-state index contributed by atoms with van der Waals surface area (Å²) in [6.45, 7) is 7.06. The van der Waals surface area contributed by atoms with E-state index in [0.29, 0.717) is 12.6 Å². The van der Waals surface area contributed by atoms with Crippen LogP contribution in [0, 0.1) is 19.7 Å². The van der Waals surface area contributed by atoms with Gasteiger partial charge < -0.3 is 15.0 Å². The van der Waals surface area contributed by atoms with Crippen molar-refractivity contribution in [2.24, 2.45) is 0 Å². The van der Waals surface area contributed by atoms with Crippen LogP contribution >= 0.6 is 0 Å². The lowest BCUT2D eigenvalue weighted by molar-refractivity contribution is -0.142. The Morgan fingerprint density at radius 1 is 1.21 bits per heavy atom. The van der Waals surface area contributed by atoms with E-state index in [2.05, 4.69) is 10.4 Å². The van der Waals surface area contributed by atoms with Gasteiger partial charge in [0.2, 0.25) is 0 Å². The summed E-state index contributed by atoms with van der Waals surface area (Å²) in [6, 6.07) is 6.78. The molecule has 0 saturated carbocycles. The molecule has 6 nitrogen and oxygen atoms in total. The van der Waals surface area contributed by atoms with Gasteiger partial charge in [-0.05, 0) is 63.8 Å². The quantitative estimate of drug-likeness (QED) is 0.839. The second kappa shape index (κ2) is 8.63. The number of aryl methyl sites for hydroxylation is 1. The van der Waals surface area contributed by atoms with E-state index >= 15 is 0 Å². The van der Waals surface area contributed by atoms with E-state index in [1.807, 2.05) is 23.4 Å². The Bertz CT molecular complexity index is 850. The third-order valence-electron chi connectivity index (χ3n) is 6.09. The molecule has 2 aromatic rings. The van der Waals surface area contributed by atoms with Gasteiger partial charge in [0.25, 0.3) is 5.91 Å². The Kier molecular flexibility index (Phi) is 5.96. The number of amides is 1. The molecule has 2 saturated heterocycles. The number of rotatable bonds is 5. The van der Waals surface area contributed by atoms with Crippen LogP contribution in [-0.4, -0.2) is 52.4 Å². The van der Waals surface area contributed by atoms with Crippen LogP contribution in [0.5, 0.6) is 0 Å². The van der Waals surface area contributed by atoms with Crippen molar-refractivity contribution in [1.82, 2.24) is 20.0 Å². The minimum absolute atomic E-state index is 0.160. The Hall–Kier alpha value is -2.25. The summed E-state index contributed by atoms with van der Waals surface area (Å²) in [7, 11) is 0. The number of likely N-dealkylation sites (tertiary alicyclic amines) is 1. The lowest BCUT2D eigenvalue weighted by Crippen LogP contribution is -2.47. The molecule has 0 radical (unpaired) electrons. The first-order chi connectivity index (χ1) is 14.0. The van der Waals surface area contributed by atoms with Crippen LogP contribution in [0.15, 0.2) is 24.3 Å². The van der Waals surface area contributed by atoms with E-state index < -0.39 is 0 Å². The number of nitrogens with zero attached hydrogens (tertiary/aromatic N) is 3. The SMILES string of the molecule is Cc1nn(-c2ccc(F)cc2)c(C)c1CNC1CCN(C(=O)C2CCCO2)CC1. The van der Waals surface area contributed by atoms with Gasteiger partial charge in [0, 0.05) is 43.5 Å². The third-order valence-corrected chi connectivity index (χ3v) is 6.09. The molecule has 0 bridgehead atoms. The number of nitrogens with one attached hydrogen (secondary N) is 1. The van der Waals surface area contributed by atoms with Crippen molar-refractivity contribution < 1.29 is 13.9 Å². The van der Waals surface area contributed by atoms with E-state index in [1.165, 1.54) is 17.7 Å². The van der Waals surface area contributed by atoms with Crippen LogP contribution in [0.2, 0.25) is 0 Å². The number of carbonyl (C=O) groups is 1. The largest absolute Gasteiger partial charge is 0.368 e. The maximum atomic E-state index is 13.2. The van der Waals surface area contributed by atoms with Crippen molar-refractivity contribution in [3.63, 3.8) is 0 Å². The zero-order valence-electron chi connectivity index (χ0n) is 17.2. The number of ether oxygens (including phenoxy) is 1. The van der Waals surface area contributed by atoms with Crippen molar-refractivity contribution in [1.29, 1.82) is 0 Å². The molecule has 29 heavy (non-hydrogen) atoms. The predicted molar refractivity (Wildman–Crippen MR) is 108 cm³/mol. The molecule has 0 aliphatic carbocycles. The minimum Gasteiger partial charge on any atom is -0.368 e. The van der Waals surface area contributed by atoms with Gasteiger partial charge in [-0.2, -0.15) is 5.10 Å². The monoisotopic (exact) mass is 400 g/mol. The van der Waals surface area contributed by atoms with Gasteiger partial charge in [0.1, 0.15) is 11.9 Å². The molecule has 2 fully saturated rings. The molecule has 1 unspecified atom stereocenters. The van der Waals surface area contributed by atoms with E-state index in [-0.39, 0.29) is 17.8 Å². The Morgan fingerprint density at radius 2 is 1.93 bits per heavy atom. The molecular formula is C22H29FN4O2. The highest BCUT2D eigenvalue weighted by Gasteiger charge is 2.30.